The molecule has 4 aromatic carbocycles. The lowest BCUT2D eigenvalue weighted by molar-refractivity contribution is 0.552. The molecule has 1 aliphatic carbocycles. The second-order valence-electron chi connectivity index (χ2n) is 8.39. The second-order valence-corrected chi connectivity index (χ2v) is 11.8. The molecule has 0 aromatic heterocycles. The molecular formula is C27H28P2. The van der Waals surface area contributed by atoms with E-state index in [1.807, 2.05) is 0 Å². The highest BCUT2D eigenvalue weighted by Gasteiger charge is 2.37. The SMILES string of the molecule is C[C@H](P)[C@@H]1CCC[C@H]1P(c1cccc2ccccc12)c1cccc2ccccc12. The van der Waals surface area contributed by atoms with Gasteiger partial charge in [0.15, 0.2) is 0 Å². The van der Waals surface area contributed by atoms with Gasteiger partial charge in [-0.3, -0.25) is 0 Å². The number of rotatable bonds is 4. The highest BCUT2D eigenvalue weighted by atomic mass is 31.1. The lowest BCUT2D eigenvalue weighted by Gasteiger charge is -2.33. The predicted molar refractivity (Wildman–Crippen MR) is 134 cm³/mol. The summed E-state index contributed by atoms with van der Waals surface area (Å²) in [5, 5.41) is 8.75. The van der Waals surface area contributed by atoms with Crippen molar-refractivity contribution in [1.29, 1.82) is 0 Å². The molecule has 4 atom stereocenters. The van der Waals surface area contributed by atoms with E-state index in [1.165, 1.54) is 40.8 Å². The van der Waals surface area contributed by atoms with E-state index in [1.54, 1.807) is 10.6 Å². The molecule has 1 unspecified atom stereocenters. The smallest absolute Gasteiger partial charge is 0.00943 e. The summed E-state index contributed by atoms with van der Waals surface area (Å²) in [6.45, 7) is 2.40. The van der Waals surface area contributed by atoms with Crippen LogP contribution in [-0.2, 0) is 0 Å². The zero-order chi connectivity index (χ0) is 19.8. The molecule has 0 bridgehead atoms. The largest absolute Gasteiger partial charge is 0.134 e. The molecule has 146 valence electrons. The number of fused-ring (bicyclic) bond motifs is 2. The zero-order valence-corrected chi connectivity index (χ0v) is 19.0. The summed E-state index contributed by atoms with van der Waals surface area (Å²) in [4.78, 5) is 0. The van der Waals surface area contributed by atoms with Gasteiger partial charge in [-0.15, -0.1) is 9.24 Å². The maximum atomic E-state index is 3.11. The van der Waals surface area contributed by atoms with Gasteiger partial charge in [-0.2, -0.15) is 0 Å². The van der Waals surface area contributed by atoms with Crippen molar-refractivity contribution < 1.29 is 0 Å². The summed E-state index contributed by atoms with van der Waals surface area (Å²) in [6, 6.07) is 31.8. The van der Waals surface area contributed by atoms with E-state index in [0.717, 1.165) is 11.6 Å². The molecule has 29 heavy (non-hydrogen) atoms. The Hall–Kier alpha value is -1.74. The van der Waals surface area contributed by atoms with Crippen molar-refractivity contribution in [3.05, 3.63) is 84.9 Å². The Labute approximate surface area is 177 Å². The van der Waals surface area contributed by atoms with E-state index < -0.39 is 7.92 Å². The summed E-state index contributed by atoms with van der Waals surface area (Å²) in [5.41, 5.74) is 1.41. The normalized spacial score (nSPS) is 20.5. The molecule has 0 aliphatic heterocycles. The Morgan fingerprint density at radius 2 is 1.24 bits per heavy atom. The summed E-state index contributed by atoms with van der Waals surface area (Å²) in [5.74, 6) is 0.782. The van der Waals surface area contributed by atoms with Crippen LogP contribution in [0.25, 0.3) is 21.5 Å². The van der Waals surface area contributed by atoms with Gasteiger partial charge in [0.2, 0.25) is 0 Å². The van der Waals surface area contributed by atoms with Crippen molar-refractivity contribution in [3.63, 3.8) is 0 Å². The minimum atomic E-state index is -0.437. The van der Waals surface area contributed by atoms with Crippen molar-refractivity contribution in [1.82, 2.24) is 0 Å². The van der Waals surface area contributed by atoms with Gasteiger partial charge >= 0.3 is 0 Å². The van der Waals surface area contributed by atoms with E-state index in [0.29, 0.717) is 5.66 Å². The predicted octanol–water partition coefficient (Wildman–Crippen LogP) is 6.86. The molecule has 1 aliphatic rings. The van der Waals surface area contributed by atoms with Crippen LogP contribution in [0.3, 0.4) is 0 Å². The highest BCUT2D eigenvalue weighted by molar-refractivity contribution is 7.74. The van der Waals surface area contributed by atoms with E-state index in [9.17, 15) is 0 Å². The lowest BCUT2D eigenvalue weighted by atomic mass is 10.0. The Balaban J connectivity index is 1.78. The summed E-state index contributed by atoms with van der Waals surface area (Å²) in [6.07, 6.45) is 4.08. The van der Waals surface area contributed by atoms with Crippen molar-refractivity contribution >= 4 is 49.3 Å². The van der Waals surface area contributed by atoms with E-state index in [2.05, 4.69) is 101 Å². The molecule has 0 amide bonds. The van der Waals surface area contributed by atoms with Gasteiger partial charge in [0.25, 0.3) is 0 Å². The Morgan fingerprint density at radius 3 is 1.79 bits per heavy atom. The average Bonchev–Trinajstić information content (AvgIpc) is 3.24. The van der Waals surface area contributed by atoms with Gasteiger partial charge in [-0.05, 0) is 70.2 Å². The molecule has 0 heterocycles. The van der Waals surface area contributed by atoms with Gasteiger partial charge < -0.3 is 0 Å². The van der Waals surface area contributed by atoms with Crippen LogP contribution in [0.5, 0.6) is 0 Å². The molecule has 1 fully saturated rings. The van der Waals surface area contributed by atoms with Gasteiger partial charge in [-0.25, -0.2) is 0 Å². The van der Waals surface area contributed by atoms with Crippen LogP contribution in [0, 0.1) is 5.92 Å². The molecule has 5 rings (SSSR count). The van der Waals surface area contributed by atoms with E-state index in [4.69, 9.17) is 0 Å². The molecular weight excluding hydrogens is 386 g/mol. The Morgan fingerprint density at radius 1 is 0.724 bits per heavy atom. The maximum Gasteiger partial charge on any atom is -0.00943 e. The van der Waals surface area contributed by atoms with Gasteiger partial charge in [0.1, 0.15) is 0 Å². The topological polar surface area (TPSA) is 0 Å². The maximum absolute atomic E-state index is 3.11. The first-order valence-electron chi connectivity index (χ1n) is 10.7. The first-order valence-corrected chi connectivity index (χ1v) is 12.8. The fourth-order valence-corrected chi connectivity index (χ4v) is 9.51. The van der Waals surface area contributed by atoms with Crippen molar-refractivity contribution in [2.24, 2.45) is 5.92 Å². The van der Waals surface area contributed by atoms with Crippen molar-refractivity contribution in [2.45, 2.75) is 37.5 Å². The average molecular weight is 414 g/mol. The minimum absolute atomic E-state index is 0.437. The monoisotopic (exact) mass is 414 g/mol. The first-order chi connectivity index (χ1) is 14.2. The highest BCUT2D eigenvalue weighted by Crippen LogP contribution is 2.53. The van der Waals surface area contributed by atoms with Crippen LogP contribution in [0.1, 0.15) is 26.2 Å². The molecule has 0 spiro atoms. The third kappa shape index (κ3) is 3.52. The quantitative estimate of drug-likeness (QED) is 0.320. The molecule has 0 N–H and O–H groups in total. The first kappa shape index (κ1) is 19.2. The van der Waals surface area contributed by atoms with E-state index >= 15 is 0 Å². The molecule has 4 aromatic rings. The second kappa shape index (κ2) is 8.18. The van der Waals surface area contributed by atoms with Crippen LogP contribution < -0.4 is 10.6 Å². The Bertz CT molecular complexity index is 1060. The number of hydrogen-bond donors (Lipinski definition) is 0. The summed E-state index contributed by atoms with van der Waals surface area (Å²) in [7, 11) is 2.68. The lowest BCUT2D eigenvalue weighted by Crippen LogP contribution is -2.28. The van der Waals surface area contributed by atoms with E-state index in [-0.39, 0.29) is 0 Å². The third-order valence-electron chi connectivity index (χ3n) is 6.59. The van der Waals surface area contributed by atoms with Crippen LogP contribution in [0.15, 0.2) is 84.9 Å². The molecule has 0 radical (unpaired) electrons. The molecule has 0 nitrogen and oxygen atoms in total. The molecule has 0 saturated heterocycles. The van der Waals surface area contributed by atoms with Crippen LogP contribution in [0.2, 0.25) is 0 Å². The zero-order valence-electron chi connectivity index (χ0n) is 17.0. The van der Waals surface area contributed by atoms with Crippen LogP contribution in [-0.4, -0.2) is 11.3 Å². The van der Waals surface area contributed by atoms with Crippen molar-refractivity contribution in [3.8, 4) is 0 Å². The number of benzene rings is 4. The Kier molecular flexibility index (Phi) is 5.43. The van der Waals surface area contributed by atoms with Crippen LogP contribution >= 0.6 is 17.2 Å². The number of hydrogen-bond acceptors (Lipinski definition) is 0. The van der Waals surface area contributed by atoms with Gasteiger partial charge in [0.05, 0.1) is 0 Å². The van der Waals surface area contributed by atoms with Gasteiger partial charge in [-0.1, -0.05) is 98.3 Å². The third-order valence-corrected chi connectivity index (χ3v) is 10.2. The van der Waals surface area contributed by atoms with Crippen molar-refractivity contribution in [2.75, 3.05) is 0 Å². The minimum Gasteiger partial charge on any atom is -0.134 e. The summed E-state index contributed by atoms with van der Waals surface area (Å²) >= 11 is 0. The standard InChI is InChI=1S/C27H28P2/c1-19(28)22-15-8-18-25(22)29(26-16-6-11-20-9-2-4-13-23(20)26)27-17-7-12-21-10-3-5-14-24(21)27/h2-7,9-14,16-17,19,22,25H,8,15,18,28H2,1H3/t19-,22-,25+/m0/s1. The fraction of sp³-hybridized carbons (Fsp3) is 0.259. The fourth-order valence-electron chi connectivity index (χ4n) is 5.23. The van der Waals surface area contributed by atoms with Gasteiger partial charge in [0, 0.05) is 0 Å². The molecule has 2 heteroatoms. The van der Waals surface area contributed by atoms with Crippen LogP contribution in [0.4, 0.5) is 0 Å². The summed E-state index contributed by atoms with van der Waals surface area (Å²) < 4.78 is 0. The molecule has 1 saturated carbocycles.